The van der Waals surface area contributed by atoms with Crippen molar-refractivity contribution in [2.45, 2.75) is 50.6 Å². The minimum absolute atomic E-state index is 0.145. The van der Waals surface area contributed by atoms with Gasteiger partial charge in [-0.05, 0) is 25.7 Å². The van der Waals surface area contributed by atoms with Gasteiger partial charge in [0.2, 0.25) is 0 Å². The molecular formula is C12H18F3N3O. The molecule has 108 valence electrons. The van der Waals surface area contributed by atoms with Gasteiger partial charge in [-0.2, -0.15) is 18.3 Å². The maximum atomic E-state index is 12.8. The Bertz CT molecular complexity index is 422. The van der Waals surface area contributed by atoms with Gasteiger partial charge in [0.05, 0.1) is 23.6 Å². The first-order valence-corrected chi connectivity index (χ1v) is 6.37. The van der Waals surface area contributed by atoms with Crippen molar-refractivity contribution in [1.82, 2.24) is 15.1 Å². The molecule has 1 saturated carbocycles. The second-order valence-electron chi connectivity index (χ2n) is 5.01. The Morgan fingerprint density at radius 3 is 2.58 bits per heavy atom. The van der Waals surface area contributed by atoms with E-state index in [-0.39, 0.29) is 24.4 Å². The summed E-state index contributed by atoms with van der Waals surface area (Å²) < 4.78 is 39.6. The highest BCUT2D eigenvalue weighted by Gasteiger charge is 2.35. The van der Waals surface area contributed by atoms with E-state index in [4.69, 9.17) is 0 Å². The molecule has 1 fully saturated rings. The molecule has 7 heteroatoms. The van der Waals surface area contributed by atoms with Crippen molar-refractivity contribution < 1.29 is 18.3 Å². The van der Waals surface area contributed by atoms with Crippen LogP contribution in [0.15, 0.2) is 6.20 Å². The largest absolute Gasteiger partial charge is 0.419 e. The Morgan fingerprint density at radius 1 is 1.37 bits per heavy atom. The summed E-state index contributed by atoms with van der Waals surface area (Å²) in [5, 5.41) is 16.2. The number of hydrogen-bond donors (Lipinski definition) is 2. The van der Waals surface area contributed by atoms with Crippen LogP contribution in [0, 0.1) is 0 Å². The summed E-state index contributed by atoms with van der Waals surface area (Å²) >= 11 is 0. The summed E-state index contributed by atoms with van der Waals surface area (Å²) in [7, 11) is 1.51. The topological polar surface area (TPSA) is 50.1 Å². The van der Waals surface area contributed by atoms with E-state index >= 15 is 0 Å². The lowest BCUT2D eigenvalue weighted by molar-refractivity contribution is -0.138. The molecule has 1 aromatic rings. The molecule has 1 heterocycles. The summed E-state index contributed by atoms with van der Waals surface area (Å²) in [6.45, 7) is 0.145. The van der Waals surface area contributed by atoms with Gasteiger partial charge >= 0.3 is 6.18 Å². The highest BCUT2D eigenvalue weighted by molar-refractivity contribution is 5.21. The lowest BCUT2D eigenvalue weighted by Crippen LogP contribution is -2.35. The first-order chi connectivity index (χ1) is 8.88. The molecule has 0 spiro atoms. The molecule has 0 atom stereocenters. The number of alkyl halides is 3. The van der Waals surface area contributed by atoms with E-state index in [9.17, 15) is 18.3 Å². The number of rotatable bonds is 3. The predicted octanol–water partition coefficient (Wildman–Crippen LogP) is 1.83. The van der Waals surface area contributed by atoms with E-state index in [2.05, 4.69) is 10.4 Å². The summed E-state index contributed by atoms with van der Waals surface area (Å²) in [6.07, 6.45) is -0.777. The molecule has 1 aliphatic carbocycles. The van der Waals surface area contributed by atoms with Crippen LogP contribution in [0.3, 0.4) is 0 Å². The van der Waals surface area contributed by atoms with Crippen molar-refractivity contribution in [3.05, 3.63) is 17.5 Å². The van der Waals surface area contributed by atoms with E-state index in [1.807, 2.05) is 0 Å². The Balaban J connectivity index is 1.98. The lowest BCUT2D eigenvalue weighted by Gasteiger charge is -2.26. The molecule has 19 heavy (non-hydrogen) atoms. The van der Waals surface area contributed by atoms with Crippen LogP contribution in [0.4, 0.5) is 13.2 Å². The Labute approximate surface area is 109 Å². The third-order valence-electron chi connectivity index (χ3n) is 3.62. The summed E-state index contributed by atoms with van der Waals surface area (Å²) in [4.78, 5) is 0. The van der Waals surface area contributed by atoms with Gasteiger partial charge < -0.3 is 10.4 Å². The zero-order valence-electron chi connectivity index (χ0n) is 10.7. The van der Waals surface area contributed by atoms with Gasteiger partial charge in [0.15, 0.2) is 0 Å². The number of aliphatic hydroxyl groups is 1. The SMILES string of the molecule is Cn1ncc(C(F)(F)F)c1CNC1CCC(O)CC1. The Hall–Kier alpha value is -1.08. The van der Waals surface area contributed by atoms with Crippen LogP contribution in [-0.4, -0.2) is 27.0 Å². The lowest BCUT2D eigenvalue weighted by atomic mass is 9.93. The summed E-state index contributed by atoms with van der Waals surface area (Å²) in [5.41, 5.74) is -0.531. The van der Waals surface area contributed by atoms with E-state index in [0.717, 1.165) is 19.0 Å². The second-order valence-corrected chi connectivity index (χ2v) is 5.01. The monoisotopic (exact) mass is 277 g/mol. The van der Waals surface area contributed by atoms with E-state index in [1.54, 1.807) is 0 Å². The molecule has 1 aromatic heterocycles. The standard InChI is InChI=1S/C12H18F3N3O/c1-18-11(10(6-17-18)12(13,14)15)7-16-8-2-4-9(19)5-3-8/h6,8-9,16,19H,2-5,7H2,1H3. The predicted molar refractivity (Wildman–Crippen MR) is 63.3 cm³/mol. The number of aryl methyl sites for hydroxylation is 1. The van der Waals surface area contributed by atoms with Crippen molar-refractivity contribution in [2.75, 3.05) is 0 Å². The average molecular weight is 277 g/mol. The normalized spacial score (nSPS) is 24.7. The smallest absolute Gasteiger partial charge is 0.393 e. The average Bonchev–Trinajstić information content (AvgIpc) is 2.70. The molecule has 0 aromatic carbocycles. The van der Waals surface area contributed by atoms with Crippen molar-refractivity contribution in [3.8, 4) is 0 Å². The van der Waals surface area contributed by atoms with E-state index in [1.165, 1.54) is 11.7 Å². The molecule has 0 aliphatic heterocycles. The first kappa shape index (κ1) is 14.3. The quantitative estimate of drug-likeness (QED) is 0.886. The molecule has 0 amide bonds. The van der Waals surface area contributed by atoms with Crippen LogP contribution in [0.5, 0.6) is 0 Å². The van der Waals surface area contributed by atoms with Gasteiger partial charge in [-0.25, -0.2) is 0 Å². The van der Waals surface area contributed by atoms with Crippen molar-refractivity contribution in [1.29, 1.82) is 0 Å². The van der Waals surface area contributed by atoms with Crippen molar-refractivity contribution in [2.24, 2.45) is 7.05 Å². The third kappa shape index (κ3) is 3.48. The molecule has 0 radical (unpaired) electrons. The fourth-order valence-electron chi connectivity index (χ4n) is 2.43. The number of aromatic nitrogens is 2. The number of halogens is 3. The molecular weight excluding hydrogens is 259 g/mol. The minimum atomic E-state index is -4.37. The number of hydrogen-bond acceptors (Lipinski definition) is 3. The van der Waals surface area contributed by atoms with Gasteiger partial charge in [-0.1, -0.05) is 0 Å². The Morgan fingerprint density at radius 2 is 2.00 bits per heavy atom. The van der Waals surface area contributed by atoms with Crippen LogP contribution < -0.4 is 5.32 Å². The second kappa shape index (κ2) is 5.50. The van der Waals surface area contributed by atoms with Gasteiger partial charge in [0.25, 0.3) is 0 Å². The Kier molecular flexibility index (Phi) is 4.15. The minimum Gasteiger partial charge on any atom is -0.393 e. The molecule has 0 saturated heterocycles. The fraction of sp³-hybridized carbons (Fsp3) is 0.750. The number of nitrogens with zero attached hydrogens (tertiary/aromatic N) is 2. The fourth-order valence-corrected chi connectivity index (χ4v) is 2.43. The molecule has 0 unspecified atom stereocenters. The van der Waals surface area contributed by atoms with Crippen LogP contribution in [0.2, 0.25) is 0 Å². The van der Waals surface area contributed by atoms with Gasteiger partial charge in [0.1, 0.15) is 0 Å². The molecule has 1 aliphatic rings. The maximum absolute atomic E-state index is 12.8. The van der Waals surface area contributed by atoms with Gasteiger partial charge in [-0.3, -0.25) is 4.68 Å². The summed E-state index contributed by atoms with van der Waals surface area (Å²) in [6, 6.07) is 0.166. The molecule has 4 nitrogen and oxygen atoms in total. The maximum Gasteiger partial charge on any atom is 0.419 e. The first-order valence-electron chi connectivity index (χ1n) is 6.37. The van der Waals surface area contributed by atoms with Crippen molar-refractivity contribution in [3.63, 3.8) is 0 Å². The van der Waals surface area contributed by atoms with Crippen LogP contribution in [0.1, 0.15) is 36.9 Å². The van der Waals surface area contributed by atoms with E-state index in [0.29, 0.717) is 12.8 Å². The molecule has 2 N–H and O–H groups in total. The highest BCUT2D eigenvalue weighted by atomic mass is 19.4. The van der Waals surface area contributed by atoms with Crippen LogP contribution in [-0.2, 0) is 19.8 Å². The molecule has 2 rings (SSSR count). The van der Waals surface area contributed by atoms with Gasteiger partial charge in [0, 0.05) is 19.6 Å². The zero-order chi connectivity index (χ0) is 14.0. The van der Waals surface area contributed by atoms with Crippen LogP contribution in [0.25, 0.3) is 0 Å². The number of aliphatic hydroxyl groups excluding tert-OH is 1. The molecule has 0 bridgehead atoms. The van der Waals surface area contributed by atoms with Gasteiger partial charge in [-0.15, -0.1) is 0 Å². The summed E-state index contributed by atoms with van der Waals surface area (Å²) in [5.74, 6) is 0. The zero-order valence-corrected chi connectivity index (χ0v) is 10.7. The third-order valence-corrected chi connectivity index (χ3v) is 3.62. The highest BCUT2D eigenvalue weighted by Crippen LogP contribution is 2.31. The number of nitrogens with one attached hydrogen (secondary N) is 1. The van der Waals surface area contributed by atoms with Crippen molar-refractivity contribution >= 4 is 0 Å². The van der Waals surface area contributed by atoms with Crippen LogP contribution >= 0.6 is 0 Å². The van der Waals surface area contributed by atoms with E-state index < -0.39 is 11.7 Å².